The minimum Gasteiger partial charge on any atom is -0.341 e. The number of aryl methyl sites for hydroxylation is 2. The molecule has 7 heteroatoms. The van der Waals surface area contributed by atoms with Gasteiger partial charge in [0.15, 0.2) is 0 Å². The first-order chi connectivity index (χ1) is 8.66. The molecule has 1 aliphatic heterocycles. The second-order valence-corrected chi connectivity index (χ2v) is 5.01. The molecule has 1 atom stereocenters. The van der Waals surface area contributed by atoms with Crippen molar-refractivity contribution in [2.75, 3.05) is 13.1 Å². The van der Waals surface area contributed by atoms with Crippen molar-refractivity contribution in [2.24, 2.45) is 5.73 Å². The fraction of sp³-hybridized carbons (Fsp3) is 0.692. The zero-order valence-corrected chi connectivity index (χ0v) is 13.5. The van der Waals surface area contributed by atoms with Gasteiger partial charge in [-0.2, -0.15) is 0 Å². The monoisotopic (exact) mass is 322 g/mol. The minimum atomic E-state index is 0. The highest BCUT2D eigenvalue weighted by molar-refractivity contribution is 5.85. The van der Waals surface area contributed by atoms with Crippen LogP contribution in [0, 0.1) is 6.92 Å². The van der Waals surface area contributed by atoms with Crippen LogP contribution in [0.25, 0.3) is 0 Å². The van der Waals surface area contributed by atoms with E-state index < -0.39 is 0 Å². The normalized spacial score (nSPS) is 18.7. The van der Waals surface area contributed by atoms with Crippen LogP contribution in [0.1, 0.15) is 31.5 Å². The number of halogens is 2. The molecule has 1 unspecified atom stereocenters. The van der Waals surface area contributed by atoms with Crippen LogP contribution in [0.5, 0.6) is 0 Å². The van der Waals surface area contributed by atoms with Crippen molar-refractivity contribution in [3.05, 3.63) is 18.2 Å². The number of likely N-dealkylation sites (tertiary alicyclic amines) is 1. The van der Waals surface area contributed by atoms with Gasteiger partial charge in [0.2, 0.25) is 5.91 Å². The average molecular weight is 323 g/mol. The van der Waals surface area contributed by atoms with E-state index in [4.69, 9.17) is 5.73 Å². The Morgan fingerprint density at radius 2 is 2.20 bits per heavy atom. The van der Waals surface area contributed by atoms with Crippen molar-refractivity contribution >= 4 is 30.7 Å². The third kappa shape index (κ3) is 5.31. The smallest absolute Gasteiger partial charge is 0.224 e. The van der Waals surface area contributed by atoms with Crippen molar-refractivity contribution in [3.8, 4) is 0 Å². The maximum atomic E-state index is 12.1. The summed E-state index contributed by atoms with van der Waals surface area (Å²) in [7, 11) is 0. The maximum absolute atomic E-state index is 12.1. The molecule has 0 bridgehead atoms. The topological polar surface area (TPSA) is 64.2 Å². The van der Waals surface area contributed by atoms with E-state index in [1.165, 1.54) is 0 Å². The summed E-state index contributed by atoms with van der Waals surface area (Å²) in [5.74, 6) is 1.16. The molecule has 2 rings (SSSR count). The Balaban J connectivity index is 0.00000180. The van der Waals surface area contributed by atoms with E-state index in [9.17, 15) is 4.79 Å². The molecule has 1 aromatic heterocycles. The molecule has 1 saturated heterocycles. The number of amides is 1. The second kappa shape index (κ2) is 9.21. The highest BCUT2D eigenvalue weighted by atomic mass is 35.5. The molecule has 0 aromatic carbocycles. The van der Waals surface area contributed by atoms with Gasteiger partial charge in [0.05, 0.1) is 0 Å². The van der Waals surface area contributed by atoms with Gasteiger partial charge in [0.1, 0.15) is 5.82 Å². The molecule has 116 valence electrons. The average Bonchev–Trinajstić information content (AvgIpc) is 2.62. The van der Waals surface area contributed by atoms with Crippen LogP contribution >= 0.6 is 24.8 Å². The predicted octanol–water partition coefficient (Wildman–Crippen LogP) is 1.77. The van der Waals surface area contributed by atoms with E-state index >= 15 is 0 Å². The summed E-state index contributed by atoms with van der Waals surface area (Å²) in [6.45, 7) is 4.22. The van der Waals surface area contributed by atoms with E-state index in [1.807, 2.05) is 22.6 Å². The predicted molar refractivity (Wildman–Crippen MR) is 84.5 cm³/mol. The molecule has 5 nitrogen and oxygen atoms in total. The zero-order chi connectivity index (χ0) is 13.0. The van der Waals surface area contributed by atoms with Crippen LogP contribution in [0.2, 0.25) is 0 Å². The van der Waals surface area contributed by atoms with Gasteiger partial charge < -0.3 is 15.2 Å². The standard InChI is InChI=1S/C13H22N4O.2ClH/c1-11-15-6-9-16(11)8-5-13(18)17-7-3-2-4-12(14)10-17;;/h6,9,12H,2-5,7-8,10,14H2,1H3;2*1H. The molecule has 0 radical (unpaired) electrons. The molecule has 0 spiro atoms. The quantitative estimate of drug-likeness (QED) is 0.922. The molecular weight excluding hydrogens is 299 g/mol. The highest BCUT2D eigenvalue weighted by Gasteiger charge is 2.19. The number of carbonyl (C=O) groups excluding carboxylic acids is 1. The molecule has 0 aliphatic carbocycles. The molecule has 1 fully saturated rings. The van der Waals surface area contributed by atoms with Crippen molar-refractivity contribution in [1.82, 2.24) is 14.5 Å². The first-order valence-electron chi connectivity index (χ1n) is 6.68. The summed E-state index contributed by atoms with van der Waals surface area (Å²) in [6, 6.07) is 0.145. The number of rotatable bonds is 3. The van der Waals surface area contributed by atoms with Gasteiger partial charge in [-0.15, -0.1) is 24.8 Å². The van der Waals surface area contributed by atoms with E-state index in [1.54, 1.807) is 6.20 Å². The fourth-order valence-electron chi connectivity index (χ4n) is 2.42. The number of hydrogen-bond acceptors (Lipinski definition) is 3. The van der Waals surface area contributed by atoms with Gasteiger partial charge >= 0.3 is 0 Å². The van der Waals surface area contributed by atoms with Gasteiger partial charge in [-0.1, -0.05) is 6.42 Å². The van der Waals surface area contributed by atoms with E-state index in [0.29, 0.717) is 19.5 Å². The Morgan fingerprint density at radius 3 is 2.85 bits per heavy atom. The number of aromatic nitrogens is 2. The number of nitrogens with two attached hydrogens (primary N) is 1. The van der Waals surface area contributed by atoms with E-state index in [0.717, 1.165) is 31.6 Å². The van der Waals surface area contributed by atoms with Crippen molar-refractivity contribution in [1.29, 1.82) is 0 Å². The summed E-state index contributed by atoms with van der Waals surface area (Å²) in [5, 5.41) is 0. The zero-order valence-electron chi connectivity index (χ0n) is 11.8. The van der Waals surface area contributed by atoms with E-state index in [-0.39, 0.29) is 36.8 Å². The van der Waals surface area contributed by atoms with Crippen LogP contribution < -0.4 is 5.73 Å². The van der Waals surface area contributed by atoms with Crippen molar-refractivity contribution in [3.63, 3.8) is 0 Å². The summed E-state index contributed by atoms with van der Waals surface area (Å²) >= 11 is 0. The fourth-order valence-corrected chi connectivity index (χ4v) is 2.42. The Bertz CT molecular complexity index is 411. The third-order valence-corrected chi connectivity index (χ3v) is 3.55. The minimum absolute atomic E-state index is 0. The van der Waals surface area contributed by atoms with Crippen LogP contribution in [-0.4, -0.2) is 39.5 Å². The van der Waals surface area contributed by atoms with Crippen LogP contribution in [0.3, 0.4) is 0 Å². The van der Waals surface area contributed by atoms with Crippen LogP contribution in [0.4, 0.5) is 0 Å². The summed E-state index contributed by atoms with van der Waals surface area (Å²) in [6.07, 6.45) is 7.45. The third-order valence-electron chi connectivity index (χ3n) is 3.55. The highest BCUT2D eigenvalue weighted by Crippen LogP contribution is 2.11. The van der Waals surface area contributed by atoms with Crippen LogP contribution in [-0.2, 0) is 11.3 Å². The van der Waals surface area contributed by atoms with Gasteiger partial charge in [-0.25, -0.2) is 4.98 Å². The summed E-state index contributed by atoms with van der Waals surface area (Å²) in [4.78, 5) is 18.2. The Labute approximate surface area is 132 Å². The van der Waals surface area contributed by atoms with Gasteiger partial charge in [0, 0.05) is 44.5 Å². The summed E-state index contributed by atoms with van der Waals surface area (Å²) < 4.78 is 2.01. The molecule has 0 saturated carbocycles. The lowest BCUT2D eigenvalue weighted by molar-refractivity contribution is -0.131. The molecule has 2 heterocycles. The lowest BCUT2D eigenvalue weighted by Crippen LogP contribution is -2.40. The van der Waals surface area contributed by atoms with Crippen molar-refractivity contribution < 1.29 is 4.79 Å². The lowest BCUT2D eigenvalue weighted by Gasteiger charge is -2.22. The Kier molecular flexibility index (Phi) is 8.85. The summed E-state index contributed by atoms with van der Waals surface area (Å²) in [5.41, 5.74) is 5.97. The molecular formula is C13H24Cl2N4O. The Hall–Kier alpha value is -0.780. The first kappa shape index (κ1) is 19.2. The number of imidazole rings is 1. The first-order valence-corrected chi connectivity index (χ1v) is 6.68. The van der Waals surface area contributed by atoms with Crippen LogP contribution in [0.15, 0.2) is 12.4 Å². The largest absolute Gasteiger partial charge is 0.341 e. The molecule has 20 heavy (non-hydrogen) atoms. The van der Waals surface area contributed by atoms with Gasteiger partial charge in [0.25, 0.3) is 0 Å². The lowest BCUT2D eigenvalue weighted by atomic mass is 10.2. The number of nitrogens with zero attached hydrogens (tertiary/aromatic N) is 3. The number of carbonyl (C=O) groups is 1. The van der Waals surface area contributed by atoms with Gasteiger partial charge in [-0.3, -0.25) is 4.79 Å². The van der Waals surface area contributed by atoms with Gasteiger partial charge in [-0.05, 0) is 19.8 Å². The molecule has 2 N–H and O–H groups in total. The van der Waals surface area contributed by atoms with Crippen molar-refractivity contribution in [2.45, 2.75) is 45.2 Å². The maximum Gasteiger partial charge on any atom is 0.224 e. The Morgan fingerprint density at radius 1 is 1.45 bits per heavy atom. The molecule has 1 aliphatic rings. The second-order valence-electron chi connectivity index (χ2n) is 5.01. The molecule has 1 amide bonds. The van der Waals surface area contributed by atoms with E-state index in [2.05, 4.69) is 4.98 Å². The SMILES string of the molecule is Cc1nccn1CCC(=O)N1CCCCC(N)C1.Cl.Cl. The molecule has 1 aromatic rings. The number of hydrogen-bond donors (Lipinski definition) is 1.